The van der Waals surface area contributed by atoms with Gasteiger partial charge in [-0.3, -0.25) is 0 Å². The van der Waals surface area contributed by atoms with E-state index in [-0.39, 0.29) is 18.1 Å². The van der Waals surface area contributed by atoms with Crippen molar-refractivity contribution >= 4 is 17.7 Å². The molecule has 0 saturated heterocycles. The fraction of sp³-hybridized carbons (Fsp3) is 0.400. The number of hydrogen-bond donors (Lipinski definition) is 1. The van der Waals surface area contributed by atoms with Crippen LogP contribution in [0.2, 0.25) is 0 Å². The number of rotatable bonds is 4. The summed E-state index contributed by atoms with van der Waals surface area (Å²) in [6, 6.07) is 0.231. The van der Waals surface area contributed by atoms with Crippen LogP contribution in [0.1, 0.15) is 13.8 Å². The van der Waals surface area contributed by atoms with Crippen molar-refractivity contribution in [3.05, 3.63) is 12.4 Å². The third-order valence-corrected chi connectivity index (χ3v) is 2.85. The van der Waals surface area contributed by atoms with Crippen molar-refractivity contribution in [2.75, 3.05) is 5.73 Å². The summed E-state index contributed by atoms with van der Waals surface area (Å²) in [5.41, 5.74) is 5.62. The molecule has 0 bridgehead atoms. The van der Waals surface area contributed by atoms with Gasteiger partial charge in [0.25, 0.3) is 0 Å². The molecule has 0 amide bonds. The smallest absolute Gasteiger partial charge is 0.322 e. The highest BCUT2D eigenvalue weighted by Gasteiger charge is 2.10. The van der Waals surface area contributed by atoms with E-state index in [4.69, 9.17) is 10.5 Å². The van der Waals surface area contributed by atoms with Gasteiger partial charge < -0.3 is 15.0 Å². The lowest BCUT2D eigenvalue weighted by Gasteiger charge is -2.08. The minimum atomic E-state index is -0.0159. The summed E-state index contributed by atoms with van der Waals surface area (Å²) in [5.74, 6) is 0.136. The van der Waals surface area contributed by atoms with Gasteiger partial charge in [0.2, 0.25) is 11.1 Å². The summed E-state index contributed by atoms with van der Waals surface area (Å²) in [4.78, 5) is 16.3. The lowest BCUT2D eigenvalue weighted by atomic mass is 10.5. The van der Waals surface area contributed by atoms with E-state index in [9.17, 15) is 0 Å². The average molecular weight is 266 g/mol. The van der Waals surface area contributed by atoms with Gasteiger partial charge in [0.15, 0.2) is 5.16 Å². The standard InChI is InChI=1S/C10H14N6OS/c1-6(2)17-8-13-7(11)14-9(15-8)18-10-12-4-5-16(10)3/h4-6H,1-3H3,(H2,11,13,14,15). The second-order valence-corrected chi connectivity index (χ2v) is 4.78. The molecule has 8 heteroatoms. The van der Waals surface area contributed by atoms with Crippen LogP contribution in [0.25, 0.3) is 0 Å². The number of aromatic nitrogens is 5. The maximum absolute atomic E-state index is 5.62. The summed E-state index contributed by atoms with van der Waals surface area (Å²) in [6.07, 6.45) is 3.54. The Morgan fingerprint density at radius 2 is 2.11 bits per heavy atom. The molecule has 18 heavy (non-hydrogen) atoms. The lowest BCUT2D eigenvalue weighted by Crippen LogP contribution is -2.11. The minimum Gasteiger partial charge on any atom is -0.461 e. The van der Waals surface area contributed by atoms with Crippen molar-refractivity contribution in [2.45, 2.75) is 30.3 Å². The number of hydrogen-bond acceptors (Lipinski definition) is 7. The van der Waals surface area contributed by atoms with Gasteiger partial charge in [-0.2, -0.15) is 15.0 Å². The van der Waals surface area contributed by atoms with E-state index in [0.29, 0.717) is 5.16 Å². The van der Waals surface area contributed by atoms with Crippen LogP contribution in [0.3, 0.4) is 0 Å². The predicted octanol–water partition coefficient (Wildman–Crippen LogP) is 1.13. The Morgan fingerprint density at radius 1 is 1.33 bits per heavy atom. The van der Waals surface area contributed by atoms with Crippen LogP contribution in [0.15, 0.2) is 22.7 Å². The molecule has 0 spiro atoms. The maximum atomic E-state index is 5.62. The van der Waals surface area contributed by atoms with Gasteiger partial charge in [0.05, 0.1) is 6.10 Å². The Labute approximate surface area is 109 Å². The summed E-state index contributed by atoms with van der Waals surface area (Å²) in [6.45, 7) is 3.79. The molecule has 0 aromatic carbocycles. The average Bonchev–Trinajstić information content (AvgIpc) is 2.62. The minimum absolute atomic E-state index is 0.0159. The molecule has 2 heterocycles. The zero-order valence-corrected chi connectivity index (χ0v) is 11.2. The first kappa shape index (κ1) is 12.6. The molecule has 0 fully saturated rings. The van der Waals surface area contributed by atoms with Crippen molar-refractivity contribution in [1.29, 1.82) is 0 Å². The number of anilines is 1. The van der Waals surface area contributed by atoms with E-state index in [1.54, 1.807) is 6.20 Å². The van der Waals surface area contributed by atoms with E-state index in [2.05, 4.69) is 19.9 Å². The van der Waals surface area contributed by atoms with Crippen molar-refractivity contribution in [2.24, 2.45) is 7.05 Å². The van der Waals surface area contributed by atoms with Crippen molar-refractivity contribution in [3.63, 3.8) is 0 Å². The molecule has 0 aliphatic heterocycles. The van der Waals surface area contributed by atoms with Crippen LogP contribution in [-0.4, -0.2) is 30.6 Å². The van der Waals surface area contributed by atoms with Gasteiger partial charge in [-0.05, 0) is 25.6 Å². The van der Waals surface area contributed by atoms with E-state index >= 15 is 0 Å². The molecule has 0 aliphatic rings. The largest absolute Gasteiger partial charge is 0.461 e. The Balaban J connectivity index is 2.23. The Hall–Kier alpha value is -1.83. The zero-order valence-electron chi connectivity index (χ0n) is 10.4. The third-order valence-electron chi connectivity index (χ3n) is 1.91. The summed E-state index contributed by atoms with van der Waals surface area (Å²) >= 11 is 1.31. The normalized spacial score (nSPS) is 10.9. The van der Waals surface area contributed by atoms with Gasteiger partial charge >= 0.3 is 6.01 Å². The van der Waals surface area contributed by atoms with Crippen LogP contribution >= 0.6 is 11.8 Å². The van der Waals surface area contributed by atoms with E-state index < -0.39 is 0 Å². The first-order valence-corrected chi connectivity index (χ1v) is 6.19. The first-order chi connectivity index (χ1) is 8.54. The highest BCUT2D eigenvalue weighted by Crippen LogP contribution is 2.23. The monoisotopic (exact) mass is 266 g/mol. The SMILES string of the molecule is CC(C)Oc1nc(N)nc(Sc2nccn2C)n1. The quantitative estimate of drug-likeness (QED) is 0.886. The number of nitrogen functional groups attached to an aromatic ring is 1. The van der Waals surface area contributed by atoms with Gasteiger partial charge in [-0.25, -0.2) is 4.98 Å². The van der Waals surface area contributed by atoms with Crippen molar-refractivity contribution in [3.8, 4) is 6.01 Å². The van der Waals surface area contributed by atoms with Crippen LogP contribution in [0.5, 0.6) is 6.01 Å². The molecular weight excluding hydrogens is 252 g/mol. The van der Waals surface area contributed by atoms with Gasteiger partial charge in [-0.15, -0.1) is 0 Å². The second kappa shape index (κ2) is 5.21. The summed E-state index contributed by atoms with van der Waals surface area (Å²) < 4.78 is 7.27. The molecule has 7 nitrogen and oxygen atoms in total. The van der Waals surface area contributed by atoms with E-state index in [1.165, 1.54) is 11.8 Å². The van der Waals surface area contributed by atoms with Gasteiger partial charge in [0, 0.05) is 19.4 Å². The molecule has 0 saturated carbocycles. The molecular formula is C10H14N6OS. The number of ether oxygens (including phenoxy) is 1. The molecule has 0 radical (unpaired) electrons. The first-order valence-electron chi connectivity index (χ1n) is 5.38. The number of imidazole rings is 1. The summed E-state index contributed by atoms with van der Waals surface area (Å²) in [7, 11) is 1.89. The summed E-state index contributed by atoms with van der Waals surface area (Å²) in [5, 5.41) is 1.24. The van der Waals surface area contributed by atoms with Crippen molar-refractivity contribution in [1.82, 2.24) is 24.5 Å². The predicted molar refractivity (Wildman–Crippen MR) is 67.3 cm³/mol. The molecule has 2 N–H and O–H groups in total. The van der Waals surface area contributed by atoms with E-state index in [1.807, 2.05) is 31.7 Å². The van der Waals surface area contributed by atoms with Crippen molar-refractivity contribution < 1.29 is 4.74 Å². The second-order valence-electron chi connectivity index (χ2n) is 3.85. The Bertz CT molecular complexity index is 541. The fourth-order valence-electron chi connectivity index (χ4n) is 1.19. The number of nitrogens with zero attached hydrogens (tertiary/aromatic N) is 5. The molecule has 2 aromatic heterocycles. The van der Waals surface area contributed by atoms with Crippen LogP contribution < -0.4 is 10.5 Å². The van der Waals surface area contributed by atoms with E-state index in [0.717, 1.165) is 5.16 Å². The van der Waals surface area contributed by atoms with Gasteiger partial charge in [0.1, 0.15) is 0 Å². The van der Waals surface area contributed by atoms with Crippen LogP contribution in [0, 0.1) is 0 Å². The number of nitrogens with two attached hydrogens (primary N) is 1. The Morgan fingerprint density at radius 3 is 2.72 bits per heavy atom. The molecule has 0 unspecified atom stereocenters. The molecule has 96 valence electrons. The molecule has 0 aliphatic carbocycles. The highest BCUT2D eigenvalue weighted by molar-refractivity contribution is 7.99. The third kappa shape index (κ3) is 3.10. The molecule has 0 atom stereocenters. The van der Waals surface area contributed by atoms with Crippen LogP contribution in [0.4, 0.5) is 5.95 Å². The maximum Gasteiger partial charge on any atom is 0.322 e. The lowest BCUT2D eigenvalue weighted by molar-refractivity contribution is 0.219. The highest BCUT2D eigenvalue weighted by atomic mass is 32.2. The zero-order chi connectivity index (χ0) is 13.1. The number of aryl methyl sites for hydroxylation is 1. The fourth-order valence-corrected chi connectivity index (χ4v) is 1.94. The van der Waals surface area contributed by atoms with Gasteiger partial charge in [-0.1, -0.05) is 0 Å². The van der Waals surface area contributed by atoms with Crippen LogP contribution in [-0.2, 0) is 7.05 Å². The molecule has 2 aromatic rings. The Kier molecular flexibility index (Phi) is 3.66. The topological polar surface area (TPSA) is 91.7 Å². The molecule has 2 rings (SSSR count).